The molecule has 0 amide bonds. The van der Waals surface area contributed by atoms with Crippen LogP contribution in [0.5, 0.6) is 0 Å². The number of aliphatic hydroxyl groups excluding tert-OH is 1. The minimum Gasteiger partial charge on any atom is -0.394 e. The highest BCUT2D eigenvalue weighted by atomic mass is 16.3. The highest BCUT2D eigenvalue weighted by molar-refractivity contribution is 5.39. The van der Waals surface area contributed by atoms with Crippen molar-refractivity contribution in [3.05, 3.63) is 12.4 Å². The van der Waals surface area contributed by atoms with Crippen molar-refractivity contribution in [2.75, 3.05) is 25.0 Å². The quantitative estimate of drug-likeness (QED) is 0.860. The lowest BCUT2D eigenvalue weighted by atomic mass is 10.0. The van der Waals surface area contributed by atoms with Crippen molar-refractivity contribution in [3.63, 3.8) is 0 Å². The molecule has 0 bridgehead atoms. The predicted molar refractivity (Wildman–Crippen MR) is 79.8 cm³/mol. The molecule has 2 aliphatic rings. The van der Waals surface area contributed by atoms with Crippen molar-refractivity contribution < 1.29 is 5.11 Å². The van der Waals surface area contributed by atoms with E-state index in [1.165, 1.54) is 51.6 Å². The Balaban J connectivity index is 1.45. The molecular formula is C15H26N4O. The zero-order valence-corrected chi connectivity index (χ0v) is 12.2. The molecule has 5 nitrogen and oxygen atoms in total. The van der Waals surface area contributed by atoms with Crippen LogP contribution in [0.4, 0.5) is 5.69 Å². The zero-order chi connectivity index (χ0) is 13.8. The molecule has 1 saturated carbocycles. The number of nitrogens with zero attached hydrogens (tertiary/aromatic N) is 3. The average Bonchev–Trinajstić information content (AvgIpc) is 3.12. The molecule has 1 aliphatic carbocycles. The standard InChI is InChI=1S/C15H26N4O/c20-10-9-19-12-14(11-16-19)17-13-5-7-18(8-6-13)15-3-1-2-4-15/h11-13,15,17,20H,1-10H2. The Kier molecular flexibility index (Phi) is 4.58. The Morgan fingerprint density at radius 2 is 1.95 bits per heavy atom. The number of aromatic nitrogens is 2. The van der Waals surface area contributed by atoms with Crippen LogP contribution in [0.25, 0.3) is 0 Å². The first-order valence-corrected chi connectivity index (χ1v) is 7.99. The number of likely N-dealkylation sites (tertiary alicyclic amines) is 1. The Morgan fingerprint density at radius 1 is 1.20 bits per heavy atom. The first kappa shape index (κ1) is 13.9. The lowest BCUT2D eigenvalue weighted by Crippen LogP contribution is -2.43. The van der Waals surface area contributed by atoms with E-state index in [2.05, 4.69) is 15.3 Å². The highest BCUT2D eigenvalue weighted by Gasteiger charge is 2.26. The van der Waals surface area contributed by atoms with Crippen LogP contribution in [0.3, 0.4) is 0 Å². The van der Waals surface area contributed by atoms with Crippen LogP contribution in [0.2, 0.25) is 0 Å². The van der Waals surface area contributed by atoms with Gasteiger partial charge in [0.05, 0.1) is 25.0 Å². The summed E-state index contributed by atoms with van der Waals surface area (Å²) in [4.78, 5) is 2.69. The molecule has 1 aromatic rings. The molecule has 1 aromatic heterocycles. The van der Waals surface area contributed by atoms with Gasteiger partial charge in [-0.15, -0.1) is 0 Å². The molecule has 3 rings (SSSR count). The lowest BCUT2D eigenvalue weighted by molar-refractivity contribution is 0.159. The van der Waals surface area contributed by atoms with Gasteiger partial charge in [-0.25, -0.2) is 0 Å². The molecule has 2 heterocycles. The third-order valence-electron chi connectivity index (χ3n) is 4.70. The number of aliphatic hydroxyl groups is 1. The fourth-order valence-electron chi connectivity index (χ4n) is 3.58. The number of rotatable bonds is 5. The first-order chi connectivity index (χ1) is 9.85. The van der Waals surface area contributed by atoms with Crippen LogP contribution in [0, 0.1) is 0 Å². The monoisotopic (exact) mass is 278 g/mol. The Hall–Kier alpha value is -1.07. The molecule has 2 N–H and O–H groups in total. The number of hydrogen-bond donors (Lipinski definition) is 2. The number of piperidine rings is 1. The maximum Gasteiger partial charge on any atom is 0.0728 e. The highest BCUT2D eigenvalue weighted by Crippen LogP contribution is 2.26. The van der Waals surface area contributed by atoms with E-state index < -0.39 is 0 Å². The van der Waals surface area contributed by atoms with Gasteiger partial charge in [0.25, 0.3) is 0 Å². The molecule has 2 fully saturated rings. The van der Waals surface area contributed by atoms with E-state index in [1.807, 2.05) is 12.4 Å². The van der Waals surface area contributed by atoms with Crippen molar-refractivity contribution in [3.8, 4) is 0 Å². The average molecular weight is 278 g/mol. The van der Waals surface area contributed by atoms with Gasteiger partial charge in [0.2, 0.25) is 0 Å². The van der Waals surface area contributed by atoms with E-state index in [4.69, 9.17) is 5.11 Å². The SMILES string of the molecule is OCCn1cc(NC2CCN(C3CCCC3)CC2)cn1. The Bertz CT molecular complexity index is 406. The zero-order valence-electron chi connectivity index (χ0n) is 12.2. The third kappa shape index (κ3) is 3.33. The summed E-state index contributed by atoms with van der Waals surface area (Å²) >= 11 is 0. The summed E-state index contributed by atoms with van der Waals surface area (Å²) < 4.78 is 1.79. The van der Waals surface area contributed by atoms with E-state index in [0.717, 1.165) is 11.7 Å². The second-order valence-electron chi connectivity index (χ2n) is 6.11. The molecule has 0 unspecified atom stereocenters. The summed E-state index contributed by atoms with van der Waals surface area (Å²) in [7, 11) is 0. The van der Waals surface area contributed by atoms with Gasteiger partial charge in [-0.05, 0) is 25.7 Å². The molecule has 112 valence electrons. The van der Waals surface area contributed by atoms with Crippen LogP contribution in [0.15, 0.2) is 12.4 Å². The van der Waals surface area contributed by atoms with Gasteiger partial charge in [0, 0.05) is 31.4 Å². The number of hydrogen-bond acceptors (Lipinski definition) is 4. The number of nitrogens with one attached hydrogen (secondary N) is 1. The van der Waals surface area contributed by atoms with E-state index in [-0.39, 0.29) is 6.61 Å². The van der Waals surface area contributed by atoms with Crippen LogP contribution < -0.4 is 5.32 Å². The van der Waals surface area contributed by atoms with E-state index in [9.17, 15) is 0 Å². The van der Waals surface area contributed by atoms with Gasteiger partial charge in [0.15, 0.2) is 0 Å². The summed E-state index contributed by atoms with van der Waals surface area (Å²) in [6.07, 6.45) is 12.0. The molecule has 0 atom stereocenters. The molecule has 5 heteroatoms. The summed E-state index contributed by atoms with van der Waals surface area (Å²) in [5, 5.41) is 16.7. The van der Waals surface area contributed by atoms with Crippen LogP contribution in [-0.4, -0.2) is 51.6 Å². The molecule has 0 radical (unpaired) electrons. The van der Waals surface area contributed by atoms with Crippen molar-refractivity contribution in [2.24, 2.45) is 0 Å². The second kappa shape index (κ2) is 6.59. The van der Waals surface area contributed by atoms with E-state index >= 15 is 0 Å². The van der Waals surface area contributed by atoms with Crippen LogP contribution >= 0.6 is 0 Å². The van der Waals surface area contributed by atoms with Gasteiger partial charge in [-0.2, -0.15) is 5.10 Å². The lowest BCUT2D eigenvalue weighted by Gasteiger charge is -2.36. The second-order valence-corrected chi connectivity index (χ2v) is 6.11. The molecule has 0 aromatic carbocycles. The maximum atomic E-state index is 8.90. The minimum absolute atomic E-state index is 0.140. The third-order valence-corrected chi connectivity index (χ3v) is 4.70. The van der Waals surface area contributed by atoms with E-state index in [1.54, 1.807) is 4.68 Å². The smallest absolute Gasteiger partial charge is 0.0728 e. The summed E-state index contributed by atoms with van der Waals surface area (Å²) in [6, 6.07) is 1.43. The normalized spacial score (nSPS) is 22.4. The first-order valence-electron chi connectivity index (χ1n) is 7.99. The van der Waals surface area contributed by atoms with Crippen molar-refractivity contribution in [1.82, 2.24) is 14.7 Å². The minimum atomic E-state index is 0.140. The maximum absolute atomic E-state index is 8.90. The topological polar surface area (TPSA) is 53.3 Å². The Labute approximate surface area is 121 Å². The van der Waals surface area contributed by atoms with Gasteiger partial charge >= 0.3 is 0 Å². The van der Waals surface area contributed by atoms with Crippen molar-refractivity contribution in [1.29, 1.82) is 0 Å². The van der Waals surface area contributed by atoms with Crippen molar-refractivity contribution in [2.45, 2.75) is 57.2 Å². The van der Waals surface area contributed by atoms with Gasteiger partial charge in [-0.3, -0.25) is 4.68 Å². The molecule has 1 aliphatic heterocycles. The van der Waals surface area contributed by atoms with Gasteiger partial charge in [-0.1, -0.05) is 12.8 Å². The van der Waals surface area contributed by atoms with Gasteiger partial charge in [0.1, 0.15) is 0 Å². The molecular weight excluding hydrogens is 252 g/mol. The predicted octanol–water partition coefficient (Wildman–Crippen LogP) is 1.69. The number of anilines is 1. The summed E-state index contributed by atoms with van der Waals surface area (Å²) in [6.45, 7) is 3.17. The summed E-state index contributed by atoms with van der Waals surface area (Å²) in [5.41, 5.74) is 1.08. The molecule has 0 spiro atoms. The fraction of sp³-hybridized carbons (Fsp3) is 0.800. The van der Waals surface area contributed by atoms with Crippen LogP contribution in [0.1, 0.15) is 38.5 Å². The van der Waals surface area contributed by atoms with Crippen LogP contribution in [-0.2, 0) is 6.54 Å². The summed E-state index contributed by atoms with van der Waals surface area (Å²) in [5.74, 6) is 0. The molecule has 1 saturated heterocycles. The fourth-order valence-corrected chi connectivity index (χ4v) is 3.58. The Morgan fingerprint density at radius 3 is 2.65 bits per heavy atom. The van der Waals surface area contributed by atoms with E-state index in [0.29, 0.717) is 12.6 Å². The van der Waals surface area contributed by atoms with Crippen molar-refractivity contribution >= 4 is 5.69 Å². The largest absolute Gasteiger partial charge is 0.394 e. The van der Waals surface area contributed by atoms with Gasteiger partial charge < -0.3 is 15.3 Å². The molecule has 20 heavy (non-hydrogen) atoms.